The fourth-order valence-corrected chi connectivity index (χ4v) is 1.13. The molecule has 2 aromatic heterocycles. The Labute approximate surface area is 81.9 Å². The number of nitrogens with one attached hydrogen (secondary N) is 1. The molecule has 0 saturated carbocycles. The van der Waals surface area contributed by atoms with Crippen molar-refractivity contribution in [3.05, 3.63) is 18.1 Å². The van der Waals surface area contributed by atoms with Gasteiger partial charge in [-0.3, -0.25) is 5.10 Å². The van der Waals surface area contributed by atoms with Gasteiger partial charge in [0.2, 0.25) is 5.82 Å². The zero-order valence-electron chi connectivity index (χ0n) is 7.58. The van der Waals surface area contributed by atoms with Gasteiger partial charge in [0.05, 0.1) is 0 Å². The Morgan fingerprint density at radius 3 is 2.60 bits per heavy atom. The second-order valence-corrected chi connectivity index (χ2v) is 2.85. The van der Waals surface area contributed by atoms with E-state index in [2.05, 4.69) is 20.3 Å². The Morgan fingerprint density at radius 2 is 2.13 bits per heavy atom. The highest BCUT2D eigenvalue weighted by molar-refractivity contribution is 5.47. The maximum Gasteiger partial charge on any atom is 0.451 e. The molecule has 0 aliphatic carbocycles. The summed E-state index contributed by atoms with van der Waals surface area (Å²) in [7, 11) is 1.19. The van der Waals surface area contributed by atoms with Crippen LogP contribution in [0, 0.1) is 0 Å². The topological polar surface area (TPSA) is 59.4 Å². The van der Waals surface area contributed by atoms with Crippen LogP contribution in [0.25, 0.3) is 11.5 Å². The predicted octanol–water partition coefficient (Wildman–Crippen LogP) is 1.22. The van der Waals surface area contributed by atoms with Crippen LogP contribution in [0.3, 0.4) is 0 Å². The third kappa shape index (κ3) is 1.69. The van der Waals surface area contributed by atoms with Crippen molar-refractivity contribution < 1.29 is 13.2 Å². The summed E-state index contributed by atoms with van der Waals surface area (Å²) in [5.41, 5.74) is 0.348. The summed E-state index contributed by atoms with van der Waals surface area (Å²) in [4.78, 5) is 3.38. The number of nitrogens with zero attached hydrogens (tertiary/aromatic N) is 4. The highest BCUT2D eigenvalue weighted by Crippen LogP contribution is 2.28. The van der Waals surface area contributed by atoms with Crippen molar-refractivity contribution in [2.45, 2.75) is 6.18 Å². The van der Waals surface area contributed by atoms with Gasteiger partial charge in [-0.1, -0.05) is 0 Å². The summed E-state index contributed by atoms with van der Waals surface area (Å²) in [6, 6.07) is 1.50. The summed E-state index contributed by atoms with van der Waals surface area (Å²) < 4.78 is 37.8. The Kier molecular flexibility index (Phi) is 1.98. The highest BCUT2D eigenvalue weighted by atomic mass is 19.4. The van der Waals surface area contributed by atoms with Crippen molar-refractivity contribution in [2.75, 3.05) is 0 Å². The predicted molar refractivity (Wildman–Crippen MR) is 43.6 cm³/mol. The molecule has 2 rings (SSSR count). The average Bonchev–Trinajstić information content (AvgIpc) is 2.68. The fourth-order valence-electron chi connectivity index (χ4n) is 1.13. The fraction of sp³-hybridized carbons (Fsp3) is 0.286. The van der Waals surface area contributed by atoms with Gasteiger partial charge in [-0.25, -0.2) is 9.67 Å². The maximum absolute atomic E-state index is 12.4. The summed E-state index contributed by atoms with van der Waals surface area (Å²) in [5.74, 6) is -1.06. The van der Waals surface area contributed by atoms with Crippen molar-refractivity contribution in [2.24, 2.45) is 7.05 Å². The first-order valence-electron chi connectivity index (χ1n) is 3.96. The minimum atomic E-state index is -4.50. The molecule has 0 spiro atoms. The van der Waals surface area contributed by atoms with E-state index in [4.69, 9.17) is 0 Å². The van der Waals surface area contributed by atoms with Crippen LogP contribution >= 0.6 is 0 Å². The van der Waals surface area contributed by atoms with Crippen LogP contribution in [0.4, 0.5) is 13.2 Å². The lowest BCUT2D eigenvalue weighted by atomic mass is 10.4. The number of H-pyrrole nitrogens is 1. The molecule has 80 valence electrons. The third-order valence-corrected chi connectivity index (χ3v) is 1.76. The van der Waals surface area contributed by atoms with Gasteiger partial charge in [-0.15, -0.1) is 5.10 Å². The molecule has 0 amide bonds. The van der Waals surface area contributed by atoms with Crippen molar-refractivity contribution in [3.63, 3.8) is 0 Å². The first-order chi connectivity index (χ1) is 6.98. The Balaban J connectivity index is 2.47. The summed E-state index contributed by atoms with van der Waals surface area (Å²) in [5, 5.41) is 9.73. The van der Waals surface area contributed by atoms with Gasteiger partial charge < -0.3 is 0 Å². The van der Waals surface area contributed by atoms with E-state index in [0.717, 1.165) is 0 Å². The van der Waals surface area contributed by atoms with E-state index in [-0.39, 0.29) is 5.82 Å². The molecular weight excluding hydrogens is 211 g/mol. The molecule has 2 aromatic rings. The normalized spacial score (nSPS) is 12.0. The van der Waals surface area contributed by atoms with Crippen molar-refractivity contribution >= 4 is 0 Å². The standard InChI is InChI=1S/C7H6F3N5/c1-15-6(7(8,9)10)12-5(14-15)4-2-3-11-13-4/h2-3H,1H3,(H,11,13). The number of hydrogen-bond acceptors (Lipinski definition) is 3. The molecule has 1 N–H and O–H groups in total. The molecule has 0 radical (unpaired) electrons. The van der Waals surface area contributed by atoms with Crippen LogP contribution in [0.2, 0.25) is 0 Å². The van der Waals surface area contributed by atoms with Crippen LogP contribution in [0.1, 0.15) is 5.82 Å². The quantitative estimate of drug-likeness (QED) is 0.781. The van der Waals surface area contributed by atoms with Crippen molar-refractivity contribution in [1.29, 1.82) is 0 Å². The molecule has 8 heteroatoms. The monoisotopic (exact) mass is 217 g/mol. The molecule has 0 aliphatic rings. The zero-order chi connectivity index (χ0) is 11.1. The van der Waals surface area contributed by atoms with E-state index in [9.17, 15) is 13.2 Å². The number of hydrogen-bond donors (Lipinski definition) is 1. The van der Waals surface area contributed by atoms with Gasteiger partial charge in [0, 0.05) is 13.2 Å². The Bertz CT molecular complexity index is 455. The van der Waals surface area contributed by atoms with Crippen LogP contribution in [0.15, 0.2) is 12.3 Å². The van der Waals surface area contributed by atoms with Gasteiger partial charge in [0.1, 0.15) is 5.69 Å². The van der Waals surface area contributed by atoms with Gasteiger partial charge in [-0.05, 0) is 6.07 Å². The molecule has 0 saturated heterocycles. The minimum Gasteiger partial charge on any atom is -0.275 e. The maximum atomic E-state index is 12.4. The summed E-state index contributed by atoms with van der Waals surface area (Å²) in [6.45, 7) is 0. The molecular formula is C7H6F3N5. The molecule has 5 nitrogen and oxygen atoms in total. The van der Waals surface area contributed by atoms with E-state index < -0.39 is 12.0 Å². The molecule has 0 unspecified atom stereocenters. The number of aromatic nitrogens is 5. The smallest absolute Gasteiger partial charge is 0.275 e. The van der Waals surface area contributed by atoms with Gasteiger partial charge in [0.15, 0.2) is 5.82 Å². The van der Waals surface area contributed by atoms with Crippen LogP contribution < -0.4 is 0 Å². The van der Waals surface area contributed by atoms with Crippen LogP contribution in [-0.2, 0) is 13.2 Å². The number of aryl methyl sites for hydroxylation is 1. The van der Waals surface area contributed by atoms with E-state index in [0.29, 0.717) is 10.4 Å². The molecule has 15 heavy (non-hydrogen) atoms. The highest BCUT2D eigenvalue weighted by Gasteiger charge is 2.37. The minimum absolute atomic E-state index is 0.0256. The molecule has 2 heterocycles. The molecule has 0 bridgehead atoms. The van der Waals surface area contributed by atoms with Crippen LogP contribution in [0.5, 0.6) is 0 Å². The number of alkyl halides is 3. The van der Waals surface area contributed by atoms with Crippen LogP contribution in [-0.4, -0.2) is 25.0 Å². The Morgan fingerprint density at radius 1 is 1.40 bits per heavy atom. The lowest BCUT2D eigenvalue weighted by Crippen LogP contribution is -2.13. The molecule has 0 aromatic carbocycles. The zero-order valence-corrected chi connectivity index (χ0v) is 7.58. The SMILES string of the molecule is Cn1nc(-c2ccn[nH]2)nc1C(F)(F)F. The van der Waals surface area contributed by atoms with E-state index in [1.54, 1.807) is 0 Å². The number of aromatic amines is 1. The van der Waals surface area contributed by atoms with Gasteiger partial charge >= 0.3 is 6.18 Å². The molecule has 0 aliphatic heterocycles. The first kappa shape index (κ1) is 9.69. The van der Waals surface area contributed by atoms with E-state index in [1.165, 1.54) is 19.3 Å². The largest absolute Gasteiger partial charge is 0.451 e. The van der Waals surface area contributed by atoms with E-state index >= 15 is 0 Å². The second-order valence-electron chi connectivity index (χ2n) is 2.85. The van der Waals surface area contributed by atoms with Gasteiger partial charge in [0.25, 0.3) is 0 Å². The van der Waals surface area contributed by atoms with Crippen molar-refractivity contribution in [1.82, 2.24) is 25.0 Å². The molecule has 0 fully saturated rings. The molecule has 0 atom stereocenters. The number of rotatable bonds is 1. The van der Waals surface area contributed by atoms with Crippen molar-refractivity contribution in [3.8, 4) is 11.5 Å². The van der Waals surface area contributed by atoms with E-state index in [1.807, 2.05) is 0 Å². The lowest BCUT2D eigenvalue weighted by molar-refractivity contribution is -0.147. The lowest BCUT2D eigenvalue weighted by Gasteiger charge is -2.02. The number of halogens is 3. The summed E-state index contributed by atoms with van der Waals surface area (Å²) >= 11 is 0. The average molecular weight is 217 g/mol. The van der Waals surface area contributed by atoms with Gasteiger partial charge in [-0.2, -0.15) is 18.3 Å². The first-order valence-corrected chi connectivity index (χ1v) is 3.96. The second kappa shape index (κ2) is 3.07. The Hall–Kier alpha value is -1.86. The summed E-state index contributed by atoms with van der Waals surface area (Å²) in [6.07, 6.45) is -3.08. The third-order valence-electron chi connectivity index (χ3n) is 1.76.